The molecule has 1 unspecified atom stereocenters. The van der Waals surface area contributed by atoms with E-state index in [1.807, 2.05) is 39.8 Å². The van der Waals surface area contributed by atoms with Gasteiger partial charge in [-0.3, -0.25) is 0 Å². The van der Waals surface area contributed by atoms with E-state index in [-0.39, 0.29) is 12.1 Å². The van der Waals surface area contributed by atoms with Crippen molar-refractivity contribution in [3.8, 4) is 0 Å². The Labute approximate surface area is 143 Å². The number of hydrogen-bond acceptors (Lipinski definition) is 4. The molecule has 1 heterocycles. The molecule has 0 spiro atoms. The van der Waals surface area contributed by atoms with Crippen LogP contribution in [0.1, 0.15) is 43.6 Å². The monoisotopic (exact) mass is 334 g/mol. The van der Waals surface area contributed by atoms with Crippen LogP contribution in [-0.2, 0) is 4.74 Å². The number of hydrogen-bond donors (Lipinski definition) is 1. The number of benzene rings is 1. The number of nitrogens with zero attached hydrogens (tertiary/aromatic N) is 2. The van der Waals surface area contributed by atoms with E-state index in [9.17, 15) is 14.7 Å². The number of carbonyl (C=O) groups is 2. The Morgan fingerprint density at radius 3 is 2.46 bits per heavy atom. The Kier molecular flexibility index (Phi) is 5.06. The number of amides is 1. The van der Waals surface area contributed by atoms with Crippen LogP contribution in [0.5, 0.6) is 0 Å². The SMILES string of the molecule is Cc1ccc(N2CCN(C(=O)OC(C)(C)C)CC2C)cc1C(=O)O. The fraction of sp³-hybridized carbons (Fsp3) is 0.556. The highest BCUT2D eigenvalue weighted by molar-refractivity contribution is 5.90. The molecular weight excluding hydrogens is 308 g/mol. The van der Waals surface area contributed by atoms with Crippen molar-refractivity contribution in [1.82, 2.24) is 4.90 Å². The highest BCUT2D eigenvalue weighted by Gasteiger charge is 2.30. The highest BCUT2D eigenvalue weighted by atomic mass is 16.6. The largest absolute Gasteiger partial charge is 0.478 e. The summed E-state index contributed by atoms with van der Waals surface area (Å²) in [6.45, 7) is 11.1. The maximum absolute atomic E-state index is 12.2. The molecule has 1 aromatic rings. The quantitative estimate of drug-likeness (QED) is 0.900. The normalized spacial score (nSPS) is 18.5. The number of anilines is 1. The van der Waals surface area contributed by atoms with E-state index in [0.29, 0.717) is 25.2 Å². The average molecular weight is 334 g/mol. The van der Waals surface area contributed by atoms with Gasteiger partial charge >= 0.3 is 12.1 Å². The minimum Gasteiger partial charge on any atom is -0.478 e. The predicted octanol–water partition coefficient (Wildman–Crippen LogP) is 3.14. The highest BCUT2D eigenvalue weighted by Crippen LogP contribution is 2.24. The van der Waals surface area contributed by atoms with Crippen LogP contribution >= 0.6 is 0 Å². The van der Waals surface area contributed by atoms with Gasteiger partial charge in [-0.25, -0.2) is 9.59 Å². The van der Waals surface area contributed by atoms with Crippen LogP contribution in [0.15, 0.2) is 18.2 Å². The molecule has 6 nitrogen and oxygen atoms in total. The third-order valence-corrected chi connectivity index (χ3v) is 4.06. The first kappa shape index (κ1) is 18.1. The average Bonchev–Trinajstić information content (AvgIpc) is 2.46. The van der Waals surface area contributed by atoms with E-state index in [4.69, 9.17) is 4.74 Å². The molecule has 24 heavy (non-hydrogen) atoms. The van der Waals surface area contributed by atoms with Crippen LogP contribution in [0.2, 0.25) is 0 Å². The number of aryl methyl sites for hydroxylation is 1. The number of rotatable bonds is 2. The van der Waals surface area contributed by atoms with Crippen LogP contribution in [0.3, 0.4) is 0 Å². The lowest BCUT2D eigenvalue weighted by atomic mass is 10.1. The van der Waals surface area contributed by atoms with Gasteiger partial charge in [-0.15, -0.1) is 0 Å². The fourth-order valence-corrected chi connectivity index (χ4v) is 2.85. The molecule has 1 aliphatic heterocycles. The third-order valence-electron chi connectivity index (χ3n) is 4.06. The predicted molar refractivity (Wildman–Crippen MR) is 92.8 cm³/mol. The van der Waals surface area contributed by atoms with E-state index >= 15 is 0 Å². The molecule has 1 aliphatic rings. The topological polar surface area (TPSA) is 70.1 Å². The van der Waals surface area contributed by atoms with E-state index in [2.05, 4.69) is 4.90 Å². The van der Waals surface area contributed by atoms with Gasteiger partial charge in [0.05, 0.1) is 5.56 Å². The Bertz CT molecular complexity index is 636. The summed E-state index contributed by atoms with van der Waals surface area (Å²) in [6.07, 6.45) is -0.302. The molecule has 0 radical (unpaired) electrons. The minimum absolute atomic E-state index is 0.0793. The van der Waals surface area contributed by atoms with Crippen molar-refractivity contribution in [2.24, 2.45) is 0 Å². The lowest BCUT2D eigenvalue weighted by Crippen LogP contribution is -2.54. The first-order chi connectivity index (χ1) is 11.1. The minimum atomic E-state index is -0.922. The molecule has 0 saturated carbocycles. The molecule has 1 N–H and O–H groups in total. The summed E-state index contributed by atoms with van der Waals surface area (Å²) in [6, 6.07) is 5.54. The van der Waals surface area contributed by atoms with Crippen LogP contribution in [0.25, 0.3) is 0 Å². The lowest BCUT2D eigenvalue weighted by molar-refractivity contribution is 0.0218. The van der Waals surface area contributed by atoms with Gasteiger partial charge in [0.15, 0.2) is 0 Å². The van der Waals surface area contributed by atoms with Crippen LogP contribution < -0.4 is 4.90 Å². The van der Waals surface area contributed by atoms with Crippen molar-refractivity contribution in [3.63, 3.8) is 0 Å². The van der Waals surface area contributed by atoms with Crippen molar-refractivity contribution in [2.45, 2.75) is 46.3 Å². The van der Waals surface area contributed by atoms with E-state index in [0.717, 1.165) is 11.3 Å². The second-order valence-corrected chi connectivity index (χ2v) is 7.27. The van der Waals surface area contributed by atoms with E-state index < -0.39 is 11.6 Å². The Balaban J connectivity index is 2.10. The lowest BCUT2D eigenvalue weighted by Gasteiger charge is -2.41. The molecule has 1 saturated heterocycles. The summed E-state index contributed by atoms with van der Waals surface area (Å²) in [7, 11) is 0. The molecule has 1 fully saturated rings. The maximum atomic E-state index is 12.2. The van der Waals surface area contributed by atoms with Gasteiger partial charge < -0.3 is 19.6 Å². The fourth-order valence-electron chi connectivity index (χ4n) is 2.85. The molecule has 0 aliphatic carbocycles. The molecule has 1 amide bonds. The van der Waals surface area contributed by atoms with Crippen molar-refractivity contribution < 1.29 is 19.4 Å². The Morgan fingerprint density at radius 1 is 1.25 bits per heavy atom. The Morgan fingerprint density at radius 2 is 1.92 bits per heavy atom. The molecule has 0 bridgehead atoms. The zero-order chi connectivity index (χ0) is 18.1. The van der Waals surface area contributed by atoms with Crippen molar-refractivity contribution in [3.05, 3.63) is 29.3 Å². The number of carbonyl (C=O) groups excluding carboxylic acids is 1. The molecule has 1 atom stereocenters. The number of ether oxygens (including phenoxy) is 1. The first-order valence-corrected chi connectivity index (χ1v) is 8.17. The second-order valence-electron chi connectivity index (χ2n) is 7.27. The summed E-state index contributed by atoms with van der Waals surface area (Å²) >= 11 is 0. The van der Waals surface area contributed by atoms with Gasteiger partial charge in [-0.05, 0) is 52.3 Å². The van der Waals surface area contributed by atoms with Gasteiger partial charge in [0.25, 0.3) is 0 Å². The summed E-state index contributed by atoms with van der Waals surface area (Å²) in [5.74, 6) is -0.922. The summed E-state index contributed by atoms with van der Waals surface area (Å²) < 4.78 is 5.42. The number of piperazine rings is 1. The number of carboxylic acid groups (broad SMARTS) is 1. The van der Waals surface area contributed by atoms with Crippen molar-refractivity contribution >= 4 is 17.7 Å². The molecule has 1 aromatic carbocycles. The van der Waals surface area contributed by atoms with Gasteiger partial charge in [-0.1, -0.05) is 6.07 Å². The number of aromatic carboxylic acids is 1. The molecular formula is C18H26N2O4. The first-order valence-electron chi connectivity index (χ1n) is 8.17. The van der Waals surface area contributed by atoms with Crippen LogP contribution in [-0.4, -0.2) is 53.3 Å². The zero-order valence-corrected chi connectivity index (χ0v) is 15.0. The Hall–Kier alpha value is -2.24. The van der Waals surface area contributed by atoms with Crippen molar-refractivity contribution in [2.75, 3.05) is 24.5 Å². The maximum Gasteiger partial charge on any atom is 0.410 e. The van der Waals surface area contributed by atoms with E-state index in [1.165, 1.54) is 0 Å². The molecule has 132 valence electrons. The second kappa shape index (κ2) is 6.71. The molecule has 6 heteroatoms. The van der Waals surface area contributed by atoms with Gasteiger partial charge in [0.1, 0.15) is 5.60 Å². The van der Waals surface area contributed by atoms with Gasteiger partial charge in [0, 0.05) is 31.4 Å². The molecule has 0 aromatic heterocycles. The summed E-state index contributed by atoms with van der Waals surface area (Å²) in [4.78, 5) is 27.4. The third kappa shape index (κ3) is 4.19. The van der Waals surface area contributed by atoms with Crippen molar-refractivity contribution in [1.29, 1.82) is 0 Å². The smallest absolute Gasteiger partial charge is 0.410 e. The van der Waals surface area contributed by atoms with E-state index in [1.54, 1.807) is 17.9 Å². The van der Waals surface area contributed by atoms with Crippen LogP contribution in [0.4, 0.5) is 10.5 Å². The van der Waals surface area contributed by atoms with Crippen LogP contribution in [0, 0.1) is 6.92 Å². The molecule has 2 rings (SSSR count). The van der Waals surface area contributed by atoms with Gasteiger partial charge in [-0.2, -0.15) is 0 Å². The summed E-state index contributed by atoms with van der Waals surface area (Å²) in [5.41, 5.74) is 1.42. The number of carboxylic acids is 1. The van der Waals surface area contributed by atoms with Gasteiger partial charge in [0.2, 0.25) is 0 Å². The standard InChI is InChI=1S/C18H26N2O4/c1-12-6-7-14(10-15(12)16(21)22)20-9-8-19(11-13(20)2)17(23)24-18(3,4)5/h6-7,10,13H,8-9,11H2,1-5H3,(H,21,22). The zero-order valence-electron chi connectivity index (χ0n) is 15.0. The summed E-state index contributed by atoms with van der Waals surface area (Å²) in [5, 5.41) is 9.29.